The molecule has 8 heteroatoms. The summed E-state index contributed by atoms with van der Waals surface area (Å²) >= 11 is 12.0. The van der Waals surface area contributed by atoms with Crippen molar-refractivity contribution in [3.05, 3.63) is 52.5 Å². The average Bonchev–Trinajstić information content (AvgIpc) is 3.09. The van der Waals surface area contributed by atoms with Gasteiger partial charge in [-0.25, -0.2) is 10.5 Å². The number of aliphatic hydroxyl groups is 1. The Kier molecular flexibility index (Phi) is 6.13. The van der Waals surface area contributed by atoms with Gasteiger partial charge in [-0.3, -0.25) is 0 Å². The Bertz CT molecular complexity index is 815. The topological polar surface area (TPSA) is 57.2 Å². The van der Waals surface area contributed by atoms with Crippen LogP contribution in [0.4, 0.5) is 11.4 Å². The van der Waals surface area contributed by atoms with E-state index in [1.165, 1.54) is 0 Å². The number of β-amino-alcohol motifs (C(OH)–C–C–N with tert-alkyl or cyclic N) is 1. The third-order valence-corrected chi connectivity index (χ3v) is 5.75. The monoisotopic (exact) mass is 423 g/mol. The van der Waals surface area contributed by atoms with E-state index in [1.807, 2.05) is 30.3 Å². The van der Waals surface area contributed by atoms with E-state index in [4.69, 9.17) is 32.9 Å². The molecule has 0 radical (unpaired) electrons. The summed E-state index contributed by atoms with van der Waals surface area (Å²) in [7, 11) is 0. The van der Waals surface area contributed by atoms with Gasteiger partial charge in [0.15, 0.2) is 0 Å². The van der Waals surface area contributed by atoms with Gasteiger partial charge >= 0.3 is 0 Å². The molecule has 2 heterocycles. The normalized spacial score (nSPS) is 18.6. The second-order valence-electron chi connectivity index (χ2n) is 7.12. The Hall–Kier alpha value is -1.70. The smallest absolute Gasteiger partial charge is 0.121 e. The third kappa shape index (κ3) is 4.64. The molecule has 1 atom stereocenters. The summed E-state index contributed by atoms with van der Waals surface area (Å²) < 4.78 is 6.02. The van der Waals surface area contributed by atoms with Crippen LogP contribution in [0.2, 0.25) is 10.0 Å². The maximum absolute atomic E-state index is 10.5. The highest BCUT2D eigenvalue weighted by Gasteiger charge is 2.26. The first-order chi connectivity index (χ1) is 13.6. The minimum Gasteiger partial charge on any atom is -0.490 e. The molecule has 0 aromatic heterocycles. The maximum Gasteiger partial charge on any atom is 0.121 e. The summed E-state index contributed by atoms with van der Waals surface area (Å²) in [4.78, 5) is 7.71. The molecule has 2 N–H and O–H groups in total. The van der Waals surface area contributed by atoms with Crippen LogP contribution in [0.25, 0.3) is 0 Å². The second kappa shape index (κ2) is 8.76. The van der Waals surface area contributed by atoms with Gasteiger partial charge in [0.1, 0.15) is 11.9 Å². The van der Waals surface area contributed by atoms with Crippen LogP contribution in [0.1, 0.15) is 12.8 Å². The quantitative estimate of drug-likeness (QED) is 0.732. The second-order valence-corrected chi connectivity index (χ2v) is 7.93. The number of hydrogen-bond donors (Lipinski definition) is 2. The van der Waals surface area contributed by atoms with Crippen LogP contribution in [-0.4, -0.2) is 48.4 Å². The standard InChI is InChI=1S/C20H23Cl2N3O3/c21-17-6-5-16(11-18(17)22)27-15-7-9-24(10-8-15)12-14(26)13-25-20-4-2-1-3-19(20)23-28-25/h1-6,11,14-15,23,26H,7-10,12-13H2/t14-/m0/s1. The lowest BCUT2D eigenvalue weighted by molar-refractivity contribution is 0.0510. The lowest BCUT2D eigenvalue weighted by atomic mass is 10.1. The van der Waals surface area contributed by atoms with Crippen molar-refractivity contribution in [2.75, 3.05) is 36.7 Å². The molecule has 0 saturated carbocycles. The third-order valence-electron chi connectivity index (χ3n) is 5.01. The Morgan fingerprint density at radius 1 is 1.11 bits per heavy atom. The number of rotatable bonds is 6. The highest BCUT2D eigenvalue weighted by Crippen LogP contribution is 2.31. The lowest BCUT2D eigenvalue weighted by Crippen LogP contribution is -2.44. The summed E-state index contributed by atoms with van der Waals surface area (Å²) in [6.07, 6.45) is 1.43. The van der Waals surface area contributed by atoms with Crippen molar-refractivity contribution in [3.8, 4) is 5.75 Å². The van der Waals surface area contributed by atoms with E-state index in [0.717, 1.165) is 43.1 Å². The number of benzene rings is 2. The average molecular weight is 424 g/mol. The van der Waals surface area contributed by atoms with Crippen molar-refractivity contribution in [3.63, 3.8) is 0 Å². The summed E-state index contributed by atoms with van der Waals surface area (Å²) in [5, 5.41) is 13.2. The number of piperidine rings is 1. The Balaban J connectivity index is 1.22. The number of aliphatic hydroxyl groups excluding tert-OH is 1. The molecule has 0 spiro atoms. The van der Waals surface area contributed by atoms with Crippen LogP contribution in [-0.2, 0) is 4.94 Å². The number of anilines is 2. The molecule has 6 nitrogen and oxygen atoms in total. The zero-order valence-electron chi connectivity index (χ0n) is 15.4. The zero-order valence-corrected chi connectivity index (χ0v) is 16.9. The molecule has 0 aliphatic carbocycles. The molecule has 0 unspecified atom stereocenters. The van der Waals surface area contributed by atoms with Gasteiger partial charge in [-0.05, 0) is 37.1 Å². The fourth-order valence-electron chi connectivity index (χ4n) is 3.57. The summed E-state index contributed by atoms with van der Waals surface area (Å²) in [5.41, 5.74) is 4.71. The van der Waals surface area contributed by atoms with Crippen molar-refractivity contribution >= 4 is 34.6 Å². The lowest BCUT2D eigenvalue weighted by Gasteiger charge is -2.33. The van der Waals surface area contributed by atoms with Crippen molar-refractivity contribution in [1.82, 2.24) is 4.90 Å². The van der Waals surface area contributed by atoms with Gasteiger partial charge in [0.2, 0.25) is 0 Å². The number of ether oxygens (including phenoxy) is 1. The van der Waals surface area contributed by atoms with E-state index >= 15 is 0 Å². The van der Waals surface area contributed by atoms with Crippen molar-refractivity contribution < 1.29 is 14.8 Å². The molecule has 2 aromatic carbocycles. The van der Waals surface area contributed by atoms with Crippen LogP contribution in [0.3, 0.4) is 0 Å². The van der Waals surface area contributed by atoms with Gasteiger partial charge < -0.3 is 14.7 Å². The minimum absolute atomic E-state index is 0.142. The number of halogens is 2. The van der Waals surface area contributed by atoms with Crippen LogP contribution in [0.5, 0.6) is 5.75 Å². The van der Waals surface area contributed by atoms with Gasteiger partial charge in [0.05, 0.1) is 34.1 Å². The number of nitrogens with one attached hydrogen (secondary N) is 1. The molecule has 28 heavy (non-hydrogen) atoms. The SMILES string of the molecule is O[C@@H](CN1CCC(Oc2ccc(Cl)c(Cl)c2)CC1)CN1ONc2ccccc21. The Morgan fingerprint density at radius 3 is 2.68 bits per heavy atom. The number of likely N-dealkylation sites (tertiary alicyclic amines) is 1. The number of para-hydroxylation sites is 2. The Labute approximate surface area is 174 Å². The van der Waals surface area contributed by atoms with Crippen LogP contribution in [0.15, 0.2) is 42.5 Å². The molecule has 2 aliphatic heterocycles. The zero-order chi connectivity index (χ0) is 19.5. The van der Waals surface area contributed by atoms with Gasteiger partial charge in [-0.15, -0.1) is 0 Å². The van der Waals surface area contributed by atoms with E-state index in [1.54, 1.807) is 17.2 Å². The van der Waals surface area contributed by atoms with E-state index in [2.05, 4.69) is 10.4 Å². The van der Waals surface area contributed by atoms with Gasteiger partial charge in [-0.1, -0.05) is 35.3 Å². The van der Waals surface area contributed by atoms with Crippen LogP contribution >= 0.6 is 23.2 Å². The summed E-state index contributed by atoms with van der Waals surface area (Å²) in [5.74, 6) is 0.741. The maximum atomic E-state index is 10.5. The molecular weight excluding hydrogens is 401 g/mol. The van der Waals surface area contributed by atoms with E-state index in [-0.39, 0.29) is 6.10 Å². The molecular formula is C20H23Cl2N3O3. The van der Waals surface area contributed by atoms with Crippen molar-refractivity contribution in [2.45, 2.75) is 25.0 Å². The number of hydrogen-bond acceptors (Lipinski definition) is 6. The first-order valence-corrected chi connectivity index (χ1v) is 10.2. The van der Waals surface area contributed by atoms with Crippen LogP contribution < -0.4 is 15.3 Å². The van der Waals surface area contributed by atoms with Gasteiger partial charge in [0.25, 0.3) is 0 Å². The molecule has 2 aliphatic rings. The van der Waals surface area contributed by atoms with Gasteiger partial charge in [-0.2, -0.15) is 4.94 Å². The largest absolute Gasteiger partial charge is 0.490 e. The molecule has 0 bridgehead atoms. The predicted octanol–water partition coefficient (Wildman–Crippen LogP) is 3.98. The highest BCUT2D eigenvalue weighted by molar-refractivity contribution is 6.42. The molecule has 1 fully saturated rings. The van der Waals surface area contributed by atoms with Gasteiger partial charge in [0, 0.05) is 25.7 Å². The number of hydroxylamine groups is 1. The van der Waals surface area contributed by atoms with E-state index in [0.29, 0.717) is 23.1 Å². The van der Waals surface area contributed by atoms with E-state index in [9.17, 15) is 5.11 Å². The molecule has 2 aromatic rings. The fraction of sp³-hybridized carbons (Fsp3) is 0.400. The van der Waals surface area contributed by atoms with E-state index < -0.39 is 6.10 Å². The fourth-order valence-corrected chi connectivity index (χ4v) is 3.85. The highest BCUT2D eigenvalue weighted by atomic mass is 35.5. The summed E-state index contributed by atoms with van der Waals surface area (Å²) in [6, 6.07) is 13.1. The number of nitrogens with zero attached hydrogens (tertiary/aromatic N) is 2. The van der Waals surface area contributed by atoms with Crippen LogP contribution in [0, 0.1) is 0 Å². The Morgan fingerprint density at radius 2 is 1.89 bits per heavy atom. The molecule has 1 saturated heterocycles. The minimum atomic E-state index is -0.513. The predicted molar refractivity (Wildman–Crippen MR) is 111 cm³/mol. The molecule has 150 valence electrons. The molecule has 0 amide bonds. The first kappa shape index (κ1) is 19.6. The molecule has 4 rings (SSSR count). The summed E-state index contributed by atoms with van der Waals surface area (Å²) in [6.45, 7) is 2.75. The number of fused-ring (bicyclic) bond motifs is 1. The first-order valence-electron chi connectivity index (χ1n) is 9.40. The van der Waals surface area contributed by atoms with Crippen molar-refractivity contribution in [2.24, 2.45) is 0 Å². The van der Waals surface area contributed by atoms with Crippen molar-refractivity contribution in [1.29, 1.82) is 0 Å².